The van der Waals surface area contributed by atoms with Gasteiger partial charge in [-0.05, 0) is 25.2 Å². The second-order valence-corrected chi connectivity index (χ2v) is 7.26. The molecular formula is C17H32O4. The van der Waals surface area contributed by atoms with Gasteiger partial charge in [-0.15, -0.1) is 0 Å². The van der Waals surface area contributed by atoms with E-state index in [1.807, 2.05) is 20.8 Å². The first-order valence-corrected chi connectivity index (χ1v) is 7.98. The molecule has 4 nitrogen and oxygen atoms in total. The molecular weight excluding hydrogens is 268 g/mol. The molecule has 0 saturated heterocycles. The Hall–Kier alpha value is -1.06. The van der Waals surface area contributed by atoms with Gasteiger partial charge in [0.15, 0.2) is 0 Å². The van der Waals surface area contributed by atoms with Gasteiger partial charge >= 0.3 is 11.9 Å². The Kier molecular flexibility index (Phi) is 6.91. The van der Waals surface area contributed by atoms with E-state index in [9.17, 15) is 19.8 Å². The van der Waals surface area contributed by atoms with E-state index in [1.54, 1.807) is 13.8 Å². The normalized spacial score (nSPS) is 17.8. The summed E-state index contributed by atoms with van der Waals surface area (Å²) in [6.07, 6.45) is 4.53. The molecule has 0 spiro atoms. The van der Waals surface area contributed by atoms with Gasteiger partial charge in [0, 0.05) is 0 Å². The van der Waals surface area contributed by atoms with Crippen LogP contribution in [-0.4, -0.2) is 22.2 Å². The molecule has 0 fully saturated rings. The monoisotopic (exact) mass is 300 g/mol. The second kappa shape index (κ2) is 7.28. The Bertz CT molecular complexity index is 369. The average Bonchev–Trinajstić information content (AvgIpc) is 2.33. The lowest BCUT2D eigenvalue weighted by Crippen LogP contribution is -2.57. The molecule has 124 valence electrons. The molecule has 2 unspecified atom stereocenters. The predicted octanol–water partition coefficient (Wildman–Crippen LogP) is 4.57. The molecule has 0 saturated carbocycles. The lowest BCUT2D eigenvalue weighted by Gasteiger charge is -2.50. The van der Waals surface area contributed by atoms with E-state index >= 15 is 0 Å². The maximum atomic E-state index is 12.1. The smallest absolute Gasteiger partial charge is 0.311 e. The lowest BCUT2D eigenvalue weighted by atomic mass is 9.50. The van der Waals surface area contributed by atoms with Crippen LogP contribution in [0.4, 0.5) is 0 Å². The van der Waals surface area contributed by atoms with Crippen LogP contribution in [0, 0.1) is 16.2 Å². The SMILES string of the molecule is CCCCCCC(C)(C(=O)O)C(CC)(C(=O)O)C(C)(C)C. The number of hydrogen-bond acceptors (Lipinski definition) is 2. The van der Waals surface area contributed by atoms with Crippen LogP contribution >= 0.6 is 0 Å². The molecule has 0 aliphatic heterocycles. The molecule has 2 atom stereocenters. The number of carboxylic acids is 2. The lowest BCUT2D eigenvalue weighted by molar-refractivity contribution is -0.187. The largest absolute Gasteiger partial charge is 0.481 e. The van der Waals surface area contributed by atoms with Crippen molar-refractivity contribution in [2.24, 2.45) is 16.2 Å². The molecule has 0 rings (SSSR count). The first-order chi connectivity index (χ1) is 9.51. The van der Waals surface area contributed by atoms with Crippen molar-refractivity contribution in [2.75, 3.05) is 0 Å². The highest BCUT2D eigenvalue weighted by atomic mass is 16.4. The highest BCUT2D eigenvalue weighted by Gasteiger charge is 2.62. The minimum atomic E-state index is -1.28. The van der Waals surface area contributed by atoms with E-state index < -0.39 is 28.2 Å². The van der Waals surface area contributed by atoms with Gasteiger partial charge in [0.25, 0.3) is 0 Å². The summed E-state index contributed by atoms with van der Waals surface area (Å²) in [4.78, 5) is 24.1. The summed E-state index contributed by atoms with van der Waals surface area (Å²) in [6.45, 7) is 11.0. The average molecular weight is 300 g/mol. The summed E-state index contributed by atoms with van der Waals surface area (Å²) in [7, 11) is 0. The fraction of sp³-hybridized carbons (Fsp3) is 0.882. The van der Waals surface area contributed by atoms with E-state index in [2.05, 4.69) is 6.92 Å². The molecule has 0 amide bonds. The van der Waals surface area contributed by atoms with Gasteiger partial charge in [-0.2, -0.15) is 0 Å². The van der Waals surface area contributed by atoms with Crippen molar-refractivity contribution in [3.05, 3.63) is 0 Å². The molecule has 0 aromatic carbocycles. The van der Waals surface area contributed by atoms with Gasteiger partial charge in [-0.3, -0.25) is 9.59 Å². The number of aliphatic carboxylic acids is 2. The fourth-order valence-corrected chi connectivity index (χ4v) is 3.86. The molecule has 0 aromatic rings. The van der Waals surface area contributed by atoms with Gasteiger partial charge in [-0.25, -0.2) is 0 Å². The van der Waals surface area contributed by atoms with Crippen LogP contribution in [-0.2, 0) is 9.59 Å². The number of carbonyl (C=O) groups is 2. The van der Waals surface area contributed by atoms with Gasteiger partial charge in [0.05, 0.1) is 10.8 Å². The van der Waals surface area contributed by atoms with Crippen molar-refractivity contribution in [3.63, 3.8) is 0 Å². The van der Waals surface area contributed by atoms with Gasteiger partial charge in [0.1, 0.15) is 0 Å². The summed E-state index contributed by atoms with van der Waals surface area (Å²) >= 11 is 0. The van der Waals surface area contributed by atoms with Crippen molar-refractivity contribution < 1.29 is 19.8 Å². The summed E-state index contributed by atoms with van der Waals surface area (Å²) in [5, 5.41) is 19.7. The van der Waals surface area contributed by atoms with E-state index in [4.69, 9.17) is 0 Å². The fourth-order valence-electron chi connectivity index (χ4n) is 3.86. The quantitative estimate of drug-likeness (QED) is 0.611. The molecule has 2 N–H and O–H groups in total. The Morgan fingerprint density at radius 3 is 1.67 bits per heavy atom. The molecule has 0 heterocycles. The summed E-state index contributed by atoms with van der Waals surface area (Å²) < 4.78 is 0. The van der Waals surface area contributed by atoms with E-state index in [-0.39, 0.29) is 0 Å². The third kappa shape index (κ3) is 3.58. The Morgan fingerprint density at radius 2 is 1.38 bits per heavy atom. The van der Waals surface area contributed by atoms with Crippen LogP contribution < -0.4 is 0 Å². The van der Waals surface area contributed by atoms with Crippen molar-refractivity contribution in [1.29, 1.82) is 0 Å². The summed E-state index contributed by atoms with van der Waals surface area (Å²) in [5.41, 5.74) is -3.18. The first-order valence-electron chi connectivity index (χ1n) is 7.98. The van der Waals surface area contributed by atoms with Crippen molar-refractivity contribution in [2.45, 2.75) is 80.1 Å². The summed E-state index contributed by atoms with van der Waals surface area (Å²) in [5.74, 6) is -2.00. The van der Waals surface area contributed by atoms with Crippen molar-refractivity contribution in [1.82, 2.24) is 0 Å². The van der Waals surface area contributed by atoms with Crippen LogP contribution in [0.25, 0.3) is 0 Å². The highest BCUT2D eigenvalue weighted by Crippen LogP contribution is 2.56. The standard InChI is InChI=1S/C17H32O4/c1-7-9-10-11-12-16(6,13(18)19)17(8-2,14(20)21)15(3,4)5/h7-12H2,1-6H3,(H,18,19)(H,20,21). The molecule has 0 aromatic heterocycles. The second-order valence-electron chi connectivity index (χ2n) is 7.26. The summed E-state index contributed by atoms with van der Waals surface area (Å²) in [6, 6.07) is 0. The minimum Gasteiger partial charge on any atom is -0.481 e. The number of rotatable bonds is 9. The maximum Gasteiger partial charge on any atom is 0.311 e. The number of hydrogen-bond donors (Lipinski definition) is 2. The van der Waals surface area contributed by atoms with Crippen molar-refractivity contribution in [3.8, 4) is 0 Å². The third-order valence-electron chi connectivity index (χ3n) is 5.12. The van der Waals surface area contributed by atoms with Crippen LogP contribution in [0.3, 0.4) is 0 Å². The van der Waals surface area contributed by atoms with Crippen LogP contribution in [0.5, 0.6) is 0 Å². The van der Waals surface area contributed by atoms with Crippen molar-refractivity contribution >= 4 is 11.9 Å². The molecule has 21 heavy (non-hydrogen) atoms. The molecule has 0 bridgehead atoms. The zero-order valence-corrected chi connectivity index (χ0v) is 14.5. The van der Waals surface area contributed by atoms with Crippen LogP contribution in [0.15, 0.2) is 0 Å². The van der Waals surface area contributed by atoms with E-state index in [0.29, 0.717) is 12.8 Å². The predicted molar refractivity (Wildman–Crippen MR) is 84.3 cm³/mol. The zero-order valence-electron chi connectivity index (χ0n) is 14.5. The number of unbranched alkanes of at least 4 members (excludes halogenated alkanes) is 3. The molecule has 0 aliphatic carbocycles. The van der Waals surface area contributed by atoms with Gasteiger partial charge in [0.2, 0.25) is 0 Å². The Labute approximate surface area is 128 Å². The topological polar surface area (TPSA) is 74.6 Å². The number of carboxylic acid groups (broad SMARTS) is 2. The van der Waals surface area contributed by atoms with Crippen LogP contribution in [0.2, 0.25) is 0 Å². The van der Waals surface area contributed by atoms with Crippen LogP contribution in [0.1, 0.15) is 80.1 Å². The van der Waals surface area contributed by atoms with Gasteiger partial charge in [-0.1, -0.05) is 60.3 Å². The Morgan fingerprint density at radius 1 is 0.857 bits per heavy atom. The first kappa shape index (κ1) is 19.9. The molecule has 0 aliphatic rings. The van der Waals surface area contributed by atoms with E-state index in [0.717, 1.165) is 25.7 Å². The third-order valence-corrected chi connectivity index (χ3v) is 5.12. The van der Waals surface area contributed by atoms with E-state index in [1.165, 1.54) is 0 Å². The molecule has 0 radical (unpaired) electrons. The maximum absolute atomic E-state index is 12.1. The van der Waals surface area contributed by atoms with Gasteiger partial charge < -0.3 is 10.2 Å². The highest BCUT2D eigenvalue weighted by molar-refractivity contribution is 5.87. The Balaban J connectivity index is 5.74. The minimum absolute atomic E-state index is 0.308. The molecule has 4 heteroatoms. The zero-order chi connectivity index (χ0) is 16.9.